The molecule has 0 spiro atoms. The molecule has 5 rings (SSSR count). The second-order valence-electron chi connectivity index (χ2n) is 9.30. The van der Waals surface area contributed by atoms with Gasteiger partial charge in [-0.1, -0.05) is 17.8 Å². The summed E-state index contributed by atoms with van der Waals surface area (Å²) in [5.41, 5.74) is 1.93. The second kappa shape index (κ2) is 10.7. The van der Waals surface area contributed by atoms with Gasteiger partial charge in [0.15, 0.2) is 0 Å². The number of piperidine rings is 2. The fraction of sp³-hybridized carbons (Fsp3) is 0.560. The van der Waals surface area contributed by atoms with Gasteiger partial charge < -0.3 is 19.9 Å². The number of fused-ring (bicyclic) bond motifs is 1. The molecule has 2 fully saturated rings. The van der Waals surface area contributed by atoms with Gasteiger partial charge in [0.1, 0.15) is 5.75 Å². The molecule has 0 aliphatic carbocycles. The molecule has 1 N–H and O–H groups in total. The molecule has 1 aromatic carbocycles. The molecule has 2 saturated heterocycles. The first-order chi connectivity index (χ1) is 16.7. The molecule has 1 unspecified atom stereocenters. The molecular formula is C25H34N6O2S. The van der Waals surface area contributed by atoms with Crippen molar-refractivity contribution < 1.29 is 9.53 Å². The van der Waals surface area contributed by atoms with E-state index < -0.39 is 0 Å². The van der Waals surface area contributed by atoms with Crippen molar-refractivity contribution in [3.8, 4) is 17.0 Å². The zero-order valence-electron chi connectivity index (χ0n) is 19.9. The van der Waals surface area contributed by atoms with Gasteiger partial charge in [-0.2, -0.15) is 0 Å². The molecule has 0 saturated carbocycles. The summed E-state index contributed by atoms with van der Waals surface area (Å²) >= 11 is 1.58. The number of carbonyl (C=O) groups excluding carboxylic acids is 1. The Labute approximate surface area is 204 Å². The van der Waals surface area contributed by atoms with E-state index in [1.807, 2.05) is 35.0 Å². The number of carbonyl (C=O) groups is 1. The normalized spacial score (nSPS) is 19.4. The zero-order valence-corrected chi connectivity index (χ0v) is 20.7. The van der Waals surface area contributed by atoms with Crippen molar-refractivity contribution in [1.82, 2.24) is 24.8 Å². The predicted molar refractivity (Wildman–Crippen MR) is 136 cm³/mol. The summed E-state index contributed by atoms with van der Waals surface area (Å²) in [6.07, 6.45) is 8.93. The number of ether oxygens (including phenoxy) is 1. The SMILES string of the molecule is COc1ccc(-c2cn3nc(N4CCCC(C(=O)NCCCN5CCCCC5)C4)sc3n2)cc1. The van der Waals surface area contributed by atoms with E-state index in [1.165, 1.54) is 32.4 Å². The summed E-state index contributed by atoms with van der Waals surface area (Å²) in [5.74, 6) is 1.04. The lowest BCUT2D eigenvalue weighted by Gasteiger charge is -2.31. The quantitative estimate of drug-likeness (QED) is 0.494. The molecule has 2 aliphatic heterocycles. The second-order valence-corrected chi connectivity index (χ2v) is 10.2. The molecule has 2 aromatic heterocycles. The maximum atomic E-state index is 12.8. The summed E-state index contributed by atoms with van der Waals surface area (Å²) in [4.78, 5) is 23.2. The van der Waals surface area contributed by atoms with Crippen LogP contribution < -0.4 is 15.0 Å². The zero-order chi connectivity index (χ0) is 23.3. The fourth-order valence-corrected chi connectivity index (χ4v) is 5.84. The Bertz CT molecular complexity index is 1060. The fourth-order valence-electron chi connectivity index (χ4n) is 4.92. The first-order valence-corrected chi connectivity index (χ1v) is 13.3. The van der Waals surface area contributed by atoms with Gasteiger partial charge in [-0.15, -0.1) is 5.10 Å². The van der Waals surface area contributed by atoms with Crippen molar-refractivity contribution in [2.75, 3.05) is 51.3 Å². The highest BCUT2D eigenvalue weighted by Crippen LogP contribution is 2.30. The Morgan fingerprint density at radius 3 is 2.74 bits per heavy atom. The first-order valence-electron chi connectivity index (χ1n) is 12.5. The van der Waals surface area contributed by atoms with Crippen LogP contribution in [-0.4, -0.2) is 71.8 Å². The van der Waals surface area contributed by atoms with Gasteiger partial charge in [-0.25, -0.2) is 9.50 Å². The van der Waals surface area contributed by atoms with Crippen molar-refractivity contribution in [2.24, 2.45) is 5.92 Å². The lowest BCUT2D eigenvalue weighted by atomic mass is 9.97. The van der Waals surface area contributed by atoms with E-state index in [-0.39, 0.29) is 11.8 Å². The van der Waals surface area contributed by atoms with Gasteiger partial charge >= 0.3 is 0 Å². The Morgan fingerprint density at radius 1 is 1.15 bits per heavy atom. The third-order valence-corrected chi connectivity index (χ3v) is 7.86. The van der Waals surface area contributed by atoms with Gasteiger partial charge in [-0.05, 0) is 76.0 Å². The van der Waals surface area contributed by atoms with Crippen LogP contribution in [0.1, 0.15) is 38.5 Å². The monoisotopic (exact) mass is 482 g/mol. The summed E-state index contributed by atoms with van der Waals surface area (Å²) in [7, 11) is 1.67. The number of aromatic nitrogens is 3. The minimum Gasteiger partial charge on any atom is -0.497 e. The van der Waals surface area contributed by atoms with Gasteiger partial charge in [0.25, 0.3) is 0 Å². The number of imidazole rings is 1. The maximum absolute atomic E-state index is 12.8. The van der Waals surface area contributed by atoms with E-state index in [9.17, 15) is 4.79 Å². The van der Waals surface area contributed by atoms with Crippen LogP contribution in [0, 0.1) is 5.92 Å². The number of rotatable bonds is 8. The molecule has 0 bridgehead atoms. The number of nitrogens with zero attached hydrogens (tertiary/aromatic N) is 5. The van der Waals surface area contributed by atoms with Crippen LogP contribution in [0.4, 0.5) is 5.13 Å². The number of hydrogen-bond acceptors (Lipinski definition) is 7. The number of nitrogens with one attached hydrogen (secondary N) is 1. The largest absolute Gasteiger partial charge is 0.497 e. The summed E-state index contributed by atoms with van der Waals surface area (Å²) in [6.45, 7) is 5.94. The first kappa shape index (κ1) is 23.1. The number of likely N-dealkylation sites (tertiary alicyclic amines) is 1. The summed E-state index contributed by atoms with van der Waals surface area (Å²) < 4.78 is 7.09. The van der Waals surface area contributed by atoms with E-state index in [0.29, 0.717) is 0 Å². The molecule has 3 aromatic rings. The number of anilines is 1. The smallest absolute Gasteiger partial charge is 0.224 e. The van der Waals surface area contributed by atoms with Gasteiger partial charge in [0, 0.05) is 25.2 Å². The Kier molecular flexibility index (Phi) is 7.30. The Hall–Kier alpha value is -2.65. The molecule has 9 heteroatoms. The summed E-state index contributed by atoms with van der Waals surface area (Å²) in [6, 6.07) is 7.89. The molecule has 34 heavy (non-hydrogen) atoms. The molecule has 182 valence electrons. The van der Waals surface area contributed by atoms with Crippen LogP contribution in [0.5, 0.6) is 5.75 Å². The molecule has 4 heterocycles. The lowest BCUT2D eigenvalue weighted by molar-refractivity contribution is -0.125. The number of benzene rings is 1. The van der Waals surface area contributed by atoms with Crippen LogP contribution >= 0.6 is 11.3 Å². The van der Waals surface area contributed by atoms with E-state index in [4.69, 9.17) is 14.8 Å². The van der Waals surface area contributed by atoms with Gasteiger partial charge in [-0.3, -0.25) is 4.79 Å². The summed E-state index contributed by atoms with van der Waals surface area (Å²) in [5, 5.41) is 8.89. The van der Waals surface area contributed by atoms with Crippen LogP contribution in [0.15, 0.2) is 30.5 Å². The highest BCUT2D eigenvalue weighted by atomic mass is 32.1. The molecular weight excluding hydrogens is 448 g/mol. The molecule has 0 radical (unpaired) electrons. The minimum atomic E-state index is 0.0230. The third-order valence-electron chi connectivity index (χ3n) is 6.88. The van der Waals surface area contributed by atoms with E-state index >= 15 is 0 Å². The molecule has 2 aliphatic rings. The van der Waals surface area contributed by atoms with Crippen LogP contribution in [-0.2, 0) is 4.79 Å². The highest BCUT2D eigenvalue weighted by Gasteiger charge is 2.28. The predicted octanol–water partition coefficient (Wildman–Crippen LogP) is 3.68. The average Bonchev–Trinajstić information content (AvgIpc) is 3.47. The molecule has 1 amide bonds. The van der Waals surface area contributed by atoms with Crippen molar-refractivity contribution in [1.29, 1.82) is 0 Å². The Balaban J connectivity index is 1.15. The molecule has 8 nitrogen and oxygen atoms in total. The van der Waals surface area contributed by atoms with Gasteiger partial charge in [0.05, 0.1) is 24.9 Å². The average molecular weight is 483 g/mol. The van der Waals surface area contributed by atoms with Crippen LogP contribution in [0.25, 0.3) is 16.2 Å². The number of hydrogen-bond donors (Lipinski definition) is 1. The molecule has 1 atom stereocenters. The standard InChI is InChI=1S/C25H34N6O2S/c1-33-21-10-8-19(9-11-21)22-18-31-24(27-22)34-25(28-31)30-16-5-7-20(17-30)23(32)26-12-6-15-29-13-3-2-4-14-29/h8-11,18,20H,2-7,12-17H2,1H3,(H,26,32). The number of amides is 1. The third kappa shape index (κ3) is 5.36. The highest BCUT2D eigenvalue weighted by molar-refractivity contribution is 7.20. The van der Waals surface area contributed by atoms with Crippen molar-refractivity contribution >= 4 is 27.3 Å². The van der Waals surface area contributed by atoms with Crippen LogP contribution in [0.3, 0.4) is 0 Å². The van der Waals surface area contributed by atoms with Crippen molar-refractivity contribution in [3.63, 3.8) is 0 Å². The topological polar surface area (TPSA) is 75.0 Å². The van der Waals surface area contributed by atoms with Crippen molar-refractivity contribution in [3.05, 3.63) is 30.5 Å². The van der Waals surface area contributed by atoms with E-state index in [2.05, 4.69) is 15.1 Å². The Morgan fingerprint density at radius 2 is 1.97 bits per heavy atom. The van der Waals surface area contributed by atoms with Gasteiger partial charge in [0.2, 0.25) is 16.0 Å². The van der Waals surface area contributed by atoms with Crippen LogP contribution in [0.2, 0.25) is 0 Å². The van der Waals surface area contributed by atoms with Crippen molar-refractivity contribution in [2.45, 2.75) is 38.5 Å². The minimum absolute atomic E-state index is 0.0230. The van der Waals surface area contributed by atoms with E-state index in [0.717, 1.165) is 72.5 Å². The maximum Gasteiger partial charge on any atom is 0.224 e. The lowest BCUT2D eigenvalue weighted by Crippen LogP contribution is -2.43. The van der Waals surface area contributed by atoms with E-state index in [1.54, 1.807) is 18.4 Å². The number of methoxy groups -OCH3 is 1.